The van der Waals surface area contributed by atoms with Crippen molar-refractivity contribution < 1.29 is 4.74 Å². The van der Waals surface area contributed by atoms with Crippen LogP contribution >= 0.6 is 23.2 Å². The van der Waals surface area contributed by atoms with Crippen LogP contribution in [0.5, 0.6) is 5.88 Å². The lowest BCUT2D eigenvalue weighted by Crippen LogP contribution is -2.32. The van der Waals surface area contributed by atoms with Crippen LogP contribution in [0.2, 0.25) is 10.3 Å². The minimum absolute atomic E-state index is 0.258. The number of nitrogens with zero attached hydrogens (tertiary/aromatic N) is 5. The van der Waals surface area contributed by atoms with Gasteiger partial charge in [-0.1, -0.05) is 11.6 Å². The standard InChI is InChI=1S/C17H19Cl2N7O/c1-27-16-13(18)8-12(9-20-16)21-10-2-4-11(5-3-10)22-14-6-7-15-23-24-17(19)26(15)25-14/h6-11,21H,2-5H2,1H3,(H,22,25). The smallest absolute Gasteiger partial charge is 0.246 e. The third kappa shape index (κ3) is 4.01. The summed E-state index contributed by atoms with van der Waals surface area (Å²) in [4.78, 5) is 4.20. The van der Waals surface area contributed by atoms with E-state index < -0.39 is 0 Å². The molecule has 10 heteroatoms. The predicted octanol–water partition coefficient (Wildman–Crippen LogP) is 3.67. The van der Waals surface area contributed by atoms with Gasteiger partial charge in [0.1, 0.15) is 10.8 Å². The van der Waals surface area contributed by atoms with Gasteiger partial charge in [-0.05, 0) is 55.5 Å². The Labute approximate surface area is 166 Å². The average Bonchev–Trinajstić information content (AvgIpc) is 3.04. The Morgan fingerprint density at radius 1 is 1.07 bits per heavy atom. The Kier molecular flexibility index (Phi) is 5.18. The van der Waals surface area contributed by atoms with Crippen molar-refractivity contribution in [2.75, 3.05) is 17.7 Å². The molecule has 1 aliphatic carbocycles. The first-order valence-corrected chi connectivity index (χ1v) is 9.48. The van der Waals surface area contributed by atoms with Gasteiger partial charge in [0.05, 0.1) is 19.0 Å². The number of methoxy groups -OCH3 is 1. The van der Waals surface area contributed by atoms with Crippen molar-refractivity contribution >= 4 is 40.4 Å². The van der Waals surface area contributed by atoms with E-state index in [1.54, 1.807) is 13.3 Å². The molecule has 0 amide bonds. The van der Waals surface area contributed by atoms with E-state index in [1.165, 1.54) is 4.52 Å². The predicted molar refractivity (Wildman–Crippen MR) is 105 cm³/mol. The Hall–Kier alpha value is -2.32. The van der Waals surface area contributed by atoms with E-state index in [0.717, 1.165) is 37.2 Å². The van der Waals surface area contributed by atoms with Crippen molar-refractivity contribution in [3.8, 4) is 5.88 Å². The van der Waals surface area contributed by atoms with Gasteiger partial charge in [0, 0.05) is 12.1 Å². The van der Waals surface area contributed by atoms with Crippen molar-refractivity contribution in [3.05, 3.63) is 34.7 Å². The second-order valence-electron chi connectivity index (χ2n) is 6.51. The summed E-state index contributed by atoms with van der Waals surface area (Å²) in [7, 11) is 1.56. The molecule has 0 atom stereocenters. The second-order valence-corrected chi connectivity index (χ2v) is 7.26. The molecular formula is C17H19Cl2N7O. The molecule has 3 aromatic rings. The van der Waals surface area contributed by atoms with Crippen LogP contribution in [0.25, 0.3) is 5.65 Å². The first kappa shape index (κ1) is 18.1. The fourth-order valence-electron chi connectivity index (χ4n) is 3.32. The minimum Gasteiger partial charge on any atom is -0.480 e. The number of pyridine rings is 1. The molecule has 0 radical (unpaired) electrons. The van der Waals surface area contributed by atoms with Crippen molar-refractivity contribution in [3.63, 3.8) is 0 Å². The quantitative estimate of drug-likeness (QED) is 0.666. The molecule has 8 nitrogen and oxygen atoms in total. The number of anilines is 2. The van der Waals surface area contributed by atoms with Gasteiger partial charge < -0.3 is 15.4 Å². The summed E-state index contributed by atoms with van der Waals surface area (Å²) in [5.41, 5.74) is 1.54. The monoisotopic (exact) mass is 407 g/mol. The number of hydrogen-bond donors (Lipinski definition) is 2. The number of ether oxygens (including phenoxy) is 1. The van der Waals surface area contributed by atoms with Crippen LogP contribution in [0.1, 0.15) is 25.7 Å². The topological polar surface area (TPSA) is 89.3 Å². The first-order valence-electron chi connectivity index (χ1n) is 8.73. The van der Waals surface area contributed by atoms with E-state index in [-0.39, 0.29) is 5.28 Å². The lowest BCUT2D eigenvalue weighted by Gasteiger charge is -2.30. The molecule has 1 aliphatic rings. The zero-order chi connectivity index (χ0) is 18.8. The SMILES string of the molecule is COc1ncc(NC2CCC(Nc3ccc4nnc(Cl)n4n3)CC2)cc1Cl. The molecule has 2 N–H and O–H groups in total. The highest BCUT2D eigenvalue weighted by atomic mass is 35.5. The van der Waals surface area contributed by atoms with Gasteiger partial charge in [0.15, 0.2) is 5.65 Å². The number of hydrogen-bond acceptors (Lipinski definition) is 7. The highest BCUT2D eigenvalue weighted by molar-refractivity contribution is 6.32. The molecule has 4 rings (SSSR count). The third-order valence-electron chi connectivity index (χ3n) is 4.68. The summed E-state index contributed by atoms with van der Waals surface area (Å²) >= 11 is 12.1. The summed E-state index contributed by atoms with van der Waals surface area (Å²) in [6.45, 7) is 0. The molecule has 0 aromatic carbocycles. The number of rotatable bonds is 5. The van der Waals surface area contributed by atoms with Crippen molar-refractivity contribution in [1.29, 1.82) is 0 Å². The molecule has 1 saturated carbocycles. The molecule has 1 fully saturated rings. The van der Waals surface area contributed by atoms with Crippen LogP contribution < -0.4 is 15.4 Å². The van der Waals surface area contributed by atoms with E-state index >= 15 is 0 Å². The number of nitrogens with one attached hydrogen (secondary N) is 2. The third-order valence-corrected chi connectivity index (χ3v) is 5.18. The second kappa shape index (κ2) is 7.74. The van der Waals surface area contributed by atoms with Gasteiger partial charge in [-0.3, -0.25) is 0 Å². The van der Waals surface area contributed by atoms with Crippen molar-refractivity contribution in [1.82, 2.24) is 24.8 Å². The highest BCUT2D eigenvalue weighted by Gasteiger charge is 2.22. The van der Waals surface area contributed by atoms with Gasteiger partial charge in [-0.15, -0.1) is 15.3 Å². The summed E-state index contributed by atoms with van der Waals surface area (Å²) in [6, 6.07) is 6.34. The molecule has 3 aromatic heterocycles. The van der Waals surface area contributed by atoms with Gasteiger partial charge in [0.25, 0.3) is 0 Å². The Bertz CT molecular complexity index is 940. The molecule has 3 heterocycles. The molecule has 0 spiro atoms. The van der Waals surface area contributed by atoms with E-state index in [2.05, 4.69) is 30.9 Å². The van der Waals surface area contributed by atoms with Gasteiger partial charge >= 0.3 is 0 Å². The lowest BCUT2D eigenvalue weighted by molar-refractivity contribution is 0.398. The van der Waals surface area contributed by atoms with Crippen LogP contribution in [-0.4, -0.2) is 44.0 Å². The zero-order valence-electron chi connectivity index (χ0n) is 14.7. The van der Waals surface area contributed by atoms with E-state index in [9.17, 15) is 0 Å². The summed E-state index contributed by atoms with van der Waals surface area (Å²) < 4.78 is 6.61. The molecule has 0 aliphatic heterocycles. The Balaban J connectivity index is 1.33. The van der Waals surface area contributed by atoms with Gasteiger partial charge in [-0.25, -0.2) is 4.98 Å². The maximum atomic E-state index is 6.14. The van der Waals surface area contributed by atoms with Gasteiger partial charge in [-0.2, -0.15) is 4.52 Å². The van der Waals surface area contributed by atoms with Gasteiger partial charge in [0.2, 0.25) is 11.2 Å². The lowest BCUT2D eigenvalue weighted by atomic mass is 9.91. The van der Waals surface area contributed by atoms with Crippen molar-refractivity contribution in [2.24, 2.45) is 0 Å². The molecular weight excluding hydrogens is 389 g/mol. The fourth-order valence-corrected chi connectivity index (χ4v) is 3.73. The fraction of sp³-hybridized carbons (Fsp3) is 0.412. The highest BCUT2D eigenvalue weighted by Crippen LogP contribution is 2.28. The summed E-state index contributed by atoms with van der Waals surface area (Å²) in [5, 5.41) is 19.9. The number of aromatic nitrogens is 5. The molecule has 0 unspecified atom stereocenters. The summed E-state index contributed by atoms with van der Waals surface area (Å²) in [6.07, 6.45) is 5.89. The van der Waals surface area contributed by atoms with Crippen LogP contribution in [0.3, 0.4) is 0 Å². The largest absolute Gasteiger partial charge is 0.480 e. The van der Waals surface area contributed by atoms with Crippen LogP contribution in [0.15, 0.2) is 24.4 Å². The molecule has 142 valence electrons. The molecule has 0 saturated heterocycles. The maximum absolute atomic E-state index is 6.14. The van der Waals surface area contributed by atoms with E-state index in [1.807, 2.05) is 18.2 Å². The Morgan fingerprint density at radius 3 is 2.52 bits per heavy atom. The number of fused-ring (bicyclic) bond motifs is 1. The normalized spacial score (nSPS) is 19.8. The van der Waals surface area contributed by atoms with Crippen molar-refractivity contribution in [2.45, 2.75) is 37.8 Å². The van der Waals surface area contributed by atoms with Crippen LogP contribution in [-0.2, 0) is 0 Å². The van der Waals surface area contributed by atoms with Crippen LogP contribution in [0, 0.1) is 0 Å². The molecule has 27 heavy (non-hydrogen) atoms. The molecule has 0 bridgehead atoms. The number of halogens is 2. The summed E-state index contributed by atoms with van der Waals surface area (Å²) in [5.74, 6) is 1.21. The zero-order valence-corrected chi connectivity index (χ0v) is 16.2. The average molecular weight is 408 g/mol. The Morgan fingerprint density at radius 2 is 1.81 bits per heavy atom. The van der Waals surface area contributed by atoms with E-state index in [4.69, 9.17) is 27.9 Å². The minimum atomic E-state index is 0.258. The van der Waals surface area contributed by atoms with Crippen LogP contribution in [0.4, 0.5) is 11.5 Å². The maximum Gasteiger partial charge on any atom is 0.246 e. The van der Waals surface area contributed by atoms with E-state index in [0.29, 0.717) is 28.6 Å². The first-order chi connectivity index (χ1) is 13.1.